The van der Waals surface area contributed by atoms with Crippen molar-refractivity contribution in [1.82, 2.24) is 14.9 Å². The lowest BCUT2D eigenvalue weighted by Gasteiger charge is -2.23. The first-order valence-corrected chi connectivity index (χ1v) is 7.77. The van der Waals surface area contributed by atoms with Crippen LogP contribution >= 0.6 is 0 Å². The van der Waals surface area contributed by atoms with Gasteiger partial charge in [0.05, 0.1) is 6.20 Å². The molecule has 2 fully saturated rings. The van der Waals surface area contributed by atoms with Gasteiger partial charge in [0.2, 0.25) is 5.95 Å². The fraction of sp³-hybridized carbons (Fsp3) is 0.667. The number of hydrogen-bond donors (Lipinski definition) is 2. The van der Waals surface area contributed by atoms with Crippen LogP contribution in [0, 0.1) is 17.2 Å². The topological polar surface area (TPSA) is 90.9 Å². The third kappa shape index (κ3) is 3.24. The normalized spacial score (nSPS) is 23.3. The number of nitriles is 1. The molecule has 1 saturated heterocycles. The maximum Gasteiger partial charge on any atom is 0.224 e. The standard InChI is InChI=1S/C15H22N6/c16-7-12-9-19-15(20-14(12)17)18-8-11-5-6-21(10-11)13-3-1-2-4-13/h9,11,13H,1-6,8,10H2,(H3,17,18,19,20). The van der Waals surface area contributed by atoms with E-state index < -0.39 is 0 Å². The first-order valence-electron chi connectivity index (χ1n) is 7.77. The molecule has 2 heterocycles. The molecule has 1 unspecified atom stereocenters. The van der Waals surface area contributed by atoms with E-state index in [0.29, 0.717) is 17.4 Å². The third-order valence-electron chi connectivity index (χ3n) is 4.65. The Kier molecular flexibility index (Phi) is 4.20. The summed E-state index contributed by atoms with van der Waals surface area (Å²) in [6, 6.07) is 2.79. The van der Waals surface area contributed by atoms with Crippen molar-refractivity contribution in [2.45, 2.75) is 38.1 Å². The summed E-state index contributed by atoms with van der Waals surface area (Å²) in [6.07, 6.45) is 8.23. The molecule has 6 nitrogen and oxygen atoms in total. The highest BCUT2D eigenvalue weighted by Gasteiger charge is 2.29. The summed E-state index contributed by atoms with van der Waals surface area (Å²) >= 11 is 0. The summed E-state index contributed by atoms with van der Waals surface area (Å²) in [5, 5.41) is 12.1. The number of nitrogens with zero attached hydrogens (tertiary/aromatic N) is 4. The lowest BCUT2D eigenvalue weighted by Crippen LogP contribution is -2.31. The van der Waals surface area contributed by atoms with Crippen molar-refractivity contribution in [2.75, 3.05) is 30.7 Å². The van der Waals surface area contributed by atoms with Crippen molar-refractivity contribution >= 4 is 11.8 Å². The predicted octanol–water partition coefficient (Wildman–Crippen LogP) is 1.61. The maximum absolute atomic E-state index is 8.81. The van der Waals surface area contributed by atoms with Gasteiger partial charge in [-0.05, 0) is 31.7 Å². The molecule has 1 aromatic heterocycles. The zero-order valence-electron chi connectivity index (χ0n) is 12.3. The van der Waals surface area contributed by atoms with Crippen LogP contribution in [0.2, 0.25) is 0 Å². The predicted molar refractivity (Wildman–Crippen MR) is 81.6 cm³/mol. The van der Waals surface area contributed by atoms with E-state index in [1.54, 1.807) is 0 Å². The minimum Gasteiger partial charge on any atom is -0.382 e. The van der Waals surface area contributed by atoms with Crippen molar-refractivity contribution in [3.8, 4) is 6.07 Å². The highest BCUT2D eigenvalue weighted by molar-refractivity contribution is 5.49. The average molecular weight is 286 g/mol. The number of nitrogens with two attached hydrogens (primary N) is 1. The Hall–Kier alpha value is -1.87. The van der Waals surface area contributed by atoms with Crippen molar-refractivity contribution in [3.05, 3.63) is 11.8 Å². The summed E-state index contributed by atoms with van der Waals surface area (Å²) < 4.78 is 0. The molecule has 112 valence electrons. The second-order valence-electron chi connectivity index (χ2n) is 6.07. The van der Waals surface area contributed by atoms with E-state index in [-0.39, 0.29) is 5.82 Å². The van der Waals surface area contributed by atoms with E-state index in [4.69, 9.17) is 11.0 Å². The zero-order chi connectivity index (χ0) is 14.7. The Balaban J connectivity index is 1.49. The Morgan fingerprint density at radius 1 is 1.38 bits per heavy atom. The minimum atomic E-state index is 0.244. The molecular formula is C15H22N6. The van der Waals surface area contributed by atoms with Gasteiger partial charge in [-0.25, -0.2) is 4.98 Å². The van der Waals surface area contributed by atoms with Crippen LogP contribution in [0.25, 0.3) is 0 Å². The molecule has 0 spiro atoms. The molecule has 0 radical (unpaired) electrons. The van der Waals surface area contributed by atoms with Crippen LogP contribution in [0.15, 0.2) is 6.20 Å². The van der Waals surface area contributed by atoms with Crippen LogP contribution in [-0.4, -0.2) is 40.5 Å². The molecule has 2 aliphatic rings. The van der Waals surface area contributed by atoms with Gasteiger partial charge in [-0.2, -0.15) is 10.2 Å². The number of hydrogen-bond acceptors (Lipinski definition) is 6. The summed E-state index contributed by atoms with van der Waals surface area (Å²) in [5.74, 6) is 1.41. The summed E-state index contributed by atoms with van der Waals surface area (Å²) in [7, 11) is 0. The lowest BCUT2D eigenvalue weighted by atomic mass is 10.1. The van der Waals surface area contributed by atoms with Crippen molar-refractivity contribution in [2.24, 2.45) is 5.92 Å². The van der Waals surface area contributed by atoms with Gasteiger partial charge in [0.15, 0.2) is 0 Å². The highest BCUT2D eigenvalue weighted by Crippen LogP contribution is 2.28. The Morgan fingerprint density at radius 3 is 2.90 bits per heavy atom. The van der Waals surface area contributed by atoms with E-state index in [9.17, 15) is 0 Å². The van der Waals surface area contributed by atoms with Crippen LogP contribution in [-0.2, 0) is 0 Å². The molecule has 1 aliphatic carbocycles. The molecule has 6 heteroatoms. The Bertz CT molecular complexity index is 531. The quantitative estimate of drug-likeness (QED) is 0.873. The number of aromatic nitrogens is 2. The molecule has 3 rings (SSSR count). The van der Waals surface area contributed by atoms with Crippen molar-refractivity contribution < 1.29 is 0 Å². The number of anilines is 2. The zero-order valence-corrected chi connectivity index (χ0v) is 12.3. The number of nitrogen functional groups attached to an aromatic ring is 1. The first-order chi connectivity index (χ1) is 10.3. The molecule has 3 N–H and O–H groups in total. The van der Waals surface area contributed by atoms with Crippen LogP contribution in [0.3, 0.4) is 0 Å². The SMILES string of the molecule is N#Cc1cnc(NCC2CCN(C3CCCC3)C2)nc1N. The molecular weight excluding hydrogens is 264 g/mol. The first kappa shape index (κ1) is 14.1. The monoisotopic (exact) mass is 286 g/mol. The molecule has 1 saturated carbocycles. The van der Waals surface area contributed by atoms with Crippen LogP contribution < -0.4 is 11.1 Å². The summed E-state index contributed by atoms with van der Waals surface area (Å²) in [4.78, 5) is 10.9. The number of likely N-dealkylation sites (tertiary alicyclic amines) is 1. The molecule has 1 aliphatic heterocycles. The highest BCUT2D eigenvalue weighted by atomic mass is 15.2. The van der Waals surface area contributed by atoms with Crippen LogP contribution in [0.5, 0.6) is 0 Å². The Labute approximate surface area is 125 Å². The van der Waals surface area contributed by atoms with Crippen LogP contribution in [0.1, 0.15) is 37.7 Å². The van der Waals surface area contributed by atoms with E-state index in [0.717, 1.165) is 12.6 Å². The molecule has 1 aromatic rings. The van der Waals surface area contributed by atoms with E-state index in [1.807, 2.05) is 6.07 Å². The summed E-state index contributed by atoms with van der Waals surface area (Å²) in [6.45, 7) is 3.26. The molecule has 21 heavy (non-hydrogen) atoms. The Morgan fingerprint density at radius 2 is 2.19 bits per heavy atom. The van der Waals surface area contributed by atoms with Crippen molar-refractivity contribution in [3.63, 3.8) is 0 Å². The van der Waals surface area contributed by atoms with Gasteiger partial charge in [0.25, 0.3) is 0 Å². The average Bonchev–Trinajstić information content (AvgIpc) is 3.16. The smallest absolute Gasteiger partial charge is 0.224 e. The maximum atomic E-state index is 8.81. The molecule has 0 aromatic carbocycles. The van der Waals surface area contributed by atoms with Gasteiger partial charge in [0, 0.05) is 19.1 Å². The van der Waals surface area contributed by atoms with Gasteiger partial charge in [0.1, 0.15) is 17.5 Å². The molecule has 0 bridgehead atoms. The molecule has 0 amide bonds. The second-order valence-corrected chi connectivity index (χ2v) is 6.07. The third-order valence-corrected chi connectivity index (χ3v) is 4.65. The largest absolute Gasteiger partial charge is 0.382 e. The molecule has 1 atom stereocenters. The van der Waals surface area contributed by atoms with E-state index >= 15 is 0 Å². The van der Waals surface area contributed by atoms with Gasteiger partial charge in [-0.3, -0.25) is 0 Å². The van der Waals surface area contributed by atoms with Gasteiger partial charge < -0.3 is 16.0 Å². The summed E-state index contributed by atoms with van der Waals surface area (Å²) in [5.41, 5.74) is 6.03. The number of rotatable bonds is 4. The lowest BCUT2D eigenvalue weighted by molar-refractivity contribution is 0.238. The van der Waals surface area contributed by atoms with Gasteiger partial charge in [-0.15, -0.1) is 0 Å². The van der Waals surface area contributed by atoms with Gasteiger partial charge in [-0.1, -0.05) is 12.8 Å². The second kappa shape index (κ2) is 6.27. The fourth-order valence-corrected chi connectivity index (χ4v) is 3.43. The van der Waals surface area contributed by atoms with E-state index in [1.165, 1.54) is 51.4 Å². The fourth-order valence-electron chi connectivity index (χ4n) is 3.43. The van der Waals surface area contributed by atoms with Gasteiger partial charge >= 0.3 is 0 Å². The van der Waals surface area contributed by atoms with E-state index in [2.05, 4.69) is 20.2 Å². The van der Waals surface area contributed by atoms with Crippen LogP contribution in [0.4, 0.5) is 11.8 Å². The number of nitrogens with one attached hydrogen (secondary N) is 1. The van der Waals surface area contributed by atoms with Crippen molar-refractivity contribution in [1.29, 1.82) is 5.26 Å². The minimum absolute atomic E-state index is 0.244.